The Morgan fingerprint density at radius 1 is 1.33 bits per heavy atom. The van der Waals surface area contributed by atoms with E-state index in [0.717, 1.165) is 12.6 Å². The molecule has 0 aromatic carbocycles. The SMILES string of the molecule is C=P(C)(C)CCC1OC(n2cnc3c(OCCC)nc(N)nc32)[C@H](O)[C@@H]1O. The maximum Gasteiger partial charge on any atom is 0.247 e. The number of hydrogen-bond acceptors (Lipinski definition) is 8. The van der Waals surface area contributed by atoms with Crippen LogP contribution in [-0.4, -0.2) is 80.4 Å². The number of fused-ring (bicyclic) bond motifs is 1. The molecule has 10 heteroatoms. The summed E-state index contributed by atoms with van der Waals surface area (Å²) in [5.74, 6) is 0.342. The highest BCUT2D eigenvalue weighted by molar-refractivity contribution is 7.72. The van der Waals surface area contributed by atoms with Crippen LogP contribution in [0.1, 0.15) is 26.0 Å². The minimum absolute atomic E-state index is 0.0449. The molecule has 0 amide bonds. The van der Waals surface area contributed by atoms with Crippen LogP contribution in [0.15, 0.2) is 6.33 Å². The lowest BCUT2D eigenvalue weighted by atomic mass is 10.1. The van der Waals surface area contributed by atoms with Crippen LogP contribution in [0.3, 0.4) is 0 Å². The molecule has 4 atom stereocenters. The molecule has 1 aliphatic rings. The first-order valence-corrected chi connectivity index (χ1v) is 12.1. The van der Waals surface area contributed by atoms with Crippen LogP contribution in [0.4, 0.5) is 5.95 Å². The highest BCUT2D eigenvalue weighted by atomic mass is 31.2. The number of rotatable bonds is 7. The van der Waals surface area contributed by atoms with E-state index in [4.69, 9.17) is 15.2 Å². The first-order chi connectivity index (χ1) is 12.7. The Morgan fingerprint density at radius 2 is 2.07 bits per heavy atom. The third kappa shape index (κ3) is 4.27. The molecular weight excluding hydrogens is 369 g/mol. The van der Waals surface area contributed by atoms with Crippen LogP contribution >= 0.6 is 6.89 Å². The van der Waals surface area contributed by atoms with Gasteiger partial charge >= 0.3 is 0 Å². The maximum absolute atomic E-state index is 10.5. The number of ether oxygens (including phenoxy) is 2. The van der Waals surface area contributed by atoms with Gasteiger partial charge < -0.3 is 25.4 Å². The van der Waals surface area contributed by atoms with E-state index in [1.165, 1.54) is 6.33 Å². The van der Waals surface area contributed by atoms with Crippen LogP contribution in [-0.2, 0) is 4.74 Å². The molecule has 0 saturated carbocycles. The number of aliphatic hydroxyl groups excluding tert-OH is 2. The lowest BCUT2D eigenvalue weighted by Crippen LogP contribution is -2.31. The topological polar surface area (TPSA) is 129 Å². The second kappa shape index (κ2) is 7.75. The van der Waals surface area contributed by atoms with Crippen LogP contribution < -0.4 is 10.5 Å². The summed E-state index contributed by atoms with van der Waals surface area (Å²) in [5.41, 5.74) is 6.65. The summed E-state index contributed by atoms with van der Waals surface area (Å²) in [5, 5.41) is 21.0. The maximum atomic E-state index is 10.5. The molecule has 1 fully saturated rings. The number of aromatic nitrogens is 4. The Morgan fingerprint density at radius 3 is 2.74 bits per heavy atom. The predicted molar refractivity (Wildman–Crippen MR) is 107 cm³/mol. The molecule has 150 valence electrons. The lowest BCUT2D eigenvalue weighted by molar-refractivity contribution is -0.0353. The molecule has 4 N–H and O–H groups in total. The predicted octanol–water partition coefficient (Wildman–Crippen LogP) is 0.916. The van der Waals surface area contributed by atoms with Crippen molar-refractivity contribution in [3.63, 3.8) is 0 Å². The third-order valence-corrected chi connectivity index (χ3v) is 5.95. The van der Waals surface area contributed by atoms with Crippen molar-refractivity contribution in [1.82, 2.24) is 19.5 Å². The van der Waals surface area contributed by atoms with Crippen molar-refractivity contribution >= 4 is 30.3 Å². The Bertz CT molecular complexity index is 851. The molecule has 3 rings (SSSR count). The van der Waals surface area contributed by atoms with Crippen molar-refractivity contribution < 1.29 is 19.7 Å². The minimum atomic E-state index is -1.25. The van der Waals surface area contributed by atoms with E-state index in [1.54, 1.807) is 4.57 Å². The lowest BCUT2D eigenvalue weighted by Gasteiger charge is -2.18. The van der Waals surface area contributed by atoms with Gasteiger partial charge in [0.1, 0.15) is 12.2 Å². The average molecular weight is 397 g/mol. The first-order valence-electron chi connectivity index (χ1n) is 9.03. The second-order valence-electron chi connectivity index (χ2n) is 7.55. The van der Waals surface area contributed by atoms with Gasteiger partial charge in [0.25, 0.3) is 0 Å². The monoisotopic (exact) mass is 397 g/mol. The highest BCUT2D eigenvalue weighted by Gasteiger charge is 2.44. The molecule has 27 heavy (non-hydrogen) atoms. The van der Waals surface area contributed by atoms with Gasteiger partial charge in [0, 0.05) is 0 Å². The fourth-order valence-corrected chi connectivity index (χ4v) is 4.02. The van der Waals surface area contributed by atoms with E-state index in [1.807, 2.05) is 6.92 Å². The molecule has 9 nitrogen and oxygen atoms in total. The number of anilines is 1. The van der Waals surface area contributed by atoms with E-state index in [0.29, 0.717) is 30.1 Å². The van der Waals surface area contributed by atoms with Crippen LogP contribution in [0.2, 0.25) is 0 Å². The summed E-state index contributed by atoms with van der Waals surface area (Å²) in [4.78, 5) is 12.6. The summed E-state index contributed by atoms with van der Waals surface area (Å²) in [6, 6.07) is 0. The van der Waals surface area contributed by atoms with E-state index < -0.39 is 31.4 Å². The van der Waals surface area contributed by atoms with Gasteiger partial charge in [0.15, 0.2) is 17.4 Å². The molecule has 1 saturated heterocycles. The smallest absolute Gasteiger partial charge is 0.247 e. The van der Waals surface area contributed by atoms with Crippen LogP contribution in [0.25, 0.3) is 11.2 Å². The van der Waals surface area contributed by atoms with Gasteiger partial charge in [0.2, 0.25) is 11.8 Å². The number of aliphatic hydroxyl groups is 2. The number of imidazole rings is 1. The zero-order valence-corrected chi connectivity index (χ0v) is 16.8. The average Bonchev–Trinajstić information content (AvgIpc) is 3.12. The van der Waals surface area contributed by atoms with Crippen molar-refractivity contribution in [2.75, 3.05) is 31.8 Å². The summed E-state index contributed by atoms with van der Waals surface area (Å²) < 4.78 is 13.1. The van der Waals surface area contributed by atoms with Gasteiger partial charge in [0.05, 0.1) is 19.0 Å². The number of nitrogens with two attached hydrogens (primary N) is 1. The largest absolute Gasteiger partial charge is 0.476 e. The fraction of sp³-hybridized carbons (Fsp3) is 0.647. The van der Waals surface area contributed by atoms with E-state index in [2.05, 4.69) is 34.6 Å². The summed E-state index contributed by atoms with van der Waals surface area (Å²) >= 11 is 0. The molecular formula is C17H28N5O4P. The summed E-state index contributed by atoms with van der Waals surface area (Å²) in [6.45, 7) is 5.47. The fourth-order valence-electron chi connectivity index (χ4n) is 3.07. The third-order valence-electron chi connectivity index (χ3n) is 4.48. The van der Waals surface area contributed by atoms with Crippen molar-refractivity contribution in [2.24, 2.45) is 0 Å². The Hall–Kier alpha value is -1.67. The standard InChI is InChI=1S/C17H28N5O4P/c1-5-7-25-15-11-14(20-17(18)21-15)22(9-19-11)16-13(24)12(23)10(26-16)6-8-27(2,3)4/h9-10,12-13,16,23-24H,2,5-8H2,1,3-4H3,(H2,18,20,21)/t10?,12-,13-,16?/m1/s1. The van der Waals surface area contributed by atoms with Crippen molar-refractivity contribution in [3.8, 4) is 5.88 Å². The normalized spacial score (nSPS) is 26.0. The molecule has 0 bridgehead atoms. The van der Waals surface area contributed by atoms with Gasteiger partial charge in [-0.3, -0.25) is 4.57 Å². The molecule has 3 heterocycles. The zero-order valence-electron chi connectivity index (χ0n) is 15.9. The quantitative estimate of drug-likeness (QED) is 0.588. The summed E-state index contributed by atoms with van der Waals surface area (Å²) in [6.07, 6.45) is 4.61. The van der Waals surface area contributed by atoms with E-state index in [-0.39, 0.29) is 5.95 Å². The first kappa shape index (κ1) is 20.1. The Labute approximate surface area is 158 Å². The van der Waals surface area contributed by atoms with Crippen molar-refractivity contribution in [2.45, 2.75) is 44.3 Å². The van der Waals surface area contributed by atoms with Crippen molar-refractivity contribution in [1.29, 1.82) is 0 Å². The molecule has 2 aromatic heterocycles. The molecule has 2 unspecified atom stereocenters. The van der Waals surface area contributed by atoms with Crippen molar-refractivity contribution in [3.05, 3.63) is 6.33 Å². The van der Waals surface area contributed by atoms with Gasteiger partial charge in [-0.1, -0.05) is 6.92 Å². The van der Waals surface area contributed by atoms with Crippen LogP contribution in [0.5, 0.6) is 5.88 Å². The Kier molecular flexibility index (Phi) is 5.76. The molecule has 0 spiro atoms. The molecule has 2 aromatic rings. The van der Waals surface area contributed by atoms with Gasteiger partial charge in [-0.15, -0.1) is 13.2 Å². The van der Waals surface area contributed by atoms with Gasteiger partial charge in [-0.25, -0.2) is 4.98 Å². The minimum Gasteiger partial charge on any atom is -0.476 e. The highest BCUT2D eigenvalue weighted by Crippen LogP contribution is 2.40. The summed E-state index contributed by atoms with van der Waals surface area (Å²) in [7, 11) is 0. The zero-order chi connectivity index (χ0) is 19.8. The molecule has 0 aliphatic carbocycles. The van der Waals surface area contributed by atoms with Crippen LogP contribution in [0, 0.1) is 0 Å². The molecule has 0 radical (unpaired) electrons. The van der Waals surface area contributed by atoms with E-state index >= 15 is 0 Å². The number of nitrogen functional groups attached to an aromatic ring is 1. The van der Waals surface area contributed by atoms with Gasteiger partial charge in [-0.2, -0.15) is 9.97 Å². The molecule has 1 aliphatic heterocycles. The second-order valence-corrected chi connectivity index (χ2v) is 11.9. The van der Waals surface area contributed by atoms with E-state index in [9.17, 15) is 10.2 Å². The number of nitrogens with zero attached hydrogens (tertiary/aromatic N) is 4. The Balaban J connectivity index is 1.88. The van der Waals surface area contributed by atoms with Gasteiger partial charge in [-0.05, 0) is 32.3 Å². The number of hydrogen-bond donors (Lipinski definition) is 3.